The van der Waals surface area contributed by atoms with E-state index in [-0.39, 0.29) is 0 Å². The molecule has 2 aromatic heterocycles. The summed E-state index contributed by atoms with van der Waals surface area (Å²) in [4.78, 5) is 4.71. The summed E-state index contributed by atoms with van der Waals surface area (Å²) in [5.74, 6) is 1.60. The van der Waals surface area contributed by atoms with Crippen LogP contribution < -0.4 is 10.1 Å². The van der Waals surface area contributed by atoms with Crippen molar-refractivity contribution in [3.05, 3.63) is 65.7 Å². The van der Waals surface area contributed by atoms with Crippen molar-refractivity contribution in [2.75, 3.05) is 12.4 Å². The molecule has 0 aliphatic rings. The normalized spacial score (nSPS) is 10.7. The minimum absolute atomic E-state index is 0.769. The summed E-state index contributed by atoms with van der Waals surface area (Å²) in [5.41, 5.74) is 3.17. The van der Waals surface area contributed by atoms with Crippen molar-refractivity contribution in [3.8, 4) is 16.3 Å². The molecule has 1 N–H and O–H groups in total. The number of thioether (sulfide) groups is 1. The topological polar surface area (TPSA) is 59.9 Å². The van der Waals surface area contributed by atoms with E-state index < -0.39 is 0 Å². The van der Waals surface area contributed by atoms with Crippen molar-refractivity contribution in [1.82, 2.24) is 15.2 Å². The van der Waals surface area contributed by atoms with E-state index >= 15 is 0 Å². The van der Waals surface area contributed by atoms with E-state index in [1.54, 1.807) is 30.2 Å². The molecule has 8 heteroatoms. The molecule has 27 heavy (non-hydrogen) atoms. The van der Waals surface area contributed by atoms with Gasteiger partial charge in [0.05, 0.1) is 12.8 Å². The zero-order chi connectivity index (χ0) is 18.5. The summed E-state index contributed by atoms with van der Waals surface area (Å²) in [7, 11) is 1.65. The van der Waals surface area contributed by atoms with Gasteiger partial charge in [-0.3, -0.25) is 0 Å². The van der Waals surface area contributed by atoms with Gasteiger partial charge in [-0.1, -0.05) is 53.4 Å². The zero-order valence-electron chi connectivity index (χ0n) is 14.5. The van der Waals surface area contributed by atoms with Crippen molar-refractivity contribution >= 4 is 45.3 Å². The average Bonchev–Trinajstić information content (AvgIpc) is 3.37. The highest BCUT2D eigenvalue weighted by molar-refractivity contribution is 8.00. The van der Waals surface area contributed by atoms with E-state index in [2.05, 4.69) is 33.0 Å². The highest BCUT2D eigenvalue weighted by Crippen LogP contribution is 2.31. The van der Waals surface area contributed by atoms with Gasteiger partial charge in [-0.05, 0) is 24.3 Å². The maximum Gasteiger partial charge on any atom is 0.210 e. The third-order valence-electron chi connectivity index (χ3n) is 3.66. The molecule has 2 aromatic carbocycles. The number of benzene rings is 2. The van der Waals surface area contributed by atoms with Gasteiger partial charge >= 0.3 is 0 Å². The van der Waals surface area contributed by atoms with Crippen molar-refractivity contribution < 1.29 is 4.74 Å². The van der Waals surface area contributed by atoms with E-state index in [9.17, 15) is 0 Å². The number of hydrogen-bond acceptors (Lipinski definition) is 8. The molecule has 0 aliphatic carbocycles. The molecule has 0 atom stereocenters. The Hall–Kier alpha value is -2.42. The molecule has 4 rings (SSSR count). The highest BCUT2D eigenvalue weighted by Gasteiger charge is 2.09. The second-order valence-electron chi connectivity index (χ2n) is 5.53. The molecule has 0 saturated heterocycles. The Labute approximate surface area is 169 Å². The van der Waals surface area contributed by atoms with Crippen LogP contribution in [0.2, 0.25) is 0 Å². The molecule has 0 unspecified atom stereocenters. The van der Waals surface area contributed by atoms with Gasteiger partial charge in [0, 0.05) is 22.4 Å². The smallest absolute Gasteiger partial charge is 0.210 e. The summed E-state index contributed by atoms with van der Waals surface area (Å²) < 4.78 is 6.08. The molecule has 0 radical (unpaired) electrons. The van der Waals surface area contributed by atoms with Gasteiger partial charge in [-0.15, -0.1) is 21.5 Å². The zero-order valence-corrected chi connectivity index (χ0v) is 16.9. The van der Waals surface area contributed by atoms with Crippen LogP contribution in [0.3, 0.4) is 0 Å². The number of methoxy groups -OCH3 is 1. The van der Waals surface area contributed by atoms with Crippen LogP contribution in [-0.4, -0.2) is 22.3 Å². The quantitative estimate of drug-likeness (QED) is 0.393. The lowest BCUT2D eigenvalue weighted by Gasteiger charge is -2.03. The number of nitrogens with zero attached hydrogens (tertiary/aromatic N) is 3. The molecule has 0 aliphatic heterocycles. The minimum Gasteiger partial charge on any atom is -0.497 e. The van der Waals surface area contributed by atoms with E-state index in [0.29, 0.717) is 0 Å². The first-order valence-corrected chi connectivity index (χ1v) is 10.9. The molecular weight excluding hydrogens is 396 g/mol. The summed E-state index contributed by atoms with van der Waals surface area (Å²) in [6.07, 6.45) is 0. The predicted octanol–water partition coefficient (Wildman–Crippen LogP) is 5.71. The second-order valence-corrected chi connectivity index (χ2v) is 8.58. The Morgan fingerprint density at radius 1 is 1.04 bits per heavy atom. The van der Waals surface area contributed by atoms with Gasteiger partial charge in [0.1, 0.15) is 10.8 Å². The van der Waals surface area contributed by atoms with Crippen LogP contribution in [-0.2, 0) is 5.75 Å². The largest absolute Gasteiger partial charge is 0.497 e. The van der Waals surface area contributed by atoms with Crippen LogP contribution in [0, 0.1) is 0 Å². The molecular formula is C19H16N4OS3. The van der Waals surface area contributed by atoms with Crippen molar-refractivity contribution in [2.45, 2.75) is 10.1 Å². The van der Waals surface area contributed by atoms with Crippen LogP contribution in [0.15, 0.2) is 64.3 Å². The van der Waals surface area contributed by atoms with Crippen LogP contribution in [0.5, 0.6) is 5.75 Å². The number of thiazole rings is 1. The van der Waals surface area contributed by atoms with Crippen LogP contribution in [0.4, 0.5) is 10.8 Å². The van der Waals surface area contributed by atoms with Gasteiger partial charge in [-0.2, -0.15) is 0 Å². The first-order chi connectivity index (χ1) is 13.3. The molecule has 2 heterocycles. The maximum absolute atomic E-state index is 5.17. The van der Waals surface area contributed by atoms with E-state index in [4.69, 9.17) is 9.72 Å². The van der Waals surface area contributed by atoms with Crippen molar-refractivity contribution in [3.63, 3.8) is 0 Å². The fraction of sp³-hybridized carbons (Fsp3) is 0.105. The number of hydrogen-bond donors (Lipinski definition) is 1. The molecule has 0 saturated carbocycles. The molecule has 0 fully saturated rings. The average molecular weight is 413 g/mol. The van der Waals surface area contributed by atoms with Crippen molar-refractivity contribution in [2.24, 2.45) is 0 Å². The van der Waals surface area contributed by atoms with Gasteiger partial charge in [-0.25, -0.2) is 4.98 Å². The van der Waals surface area contributed by atoms with Gasteiger partial charge in [0.25, 0.3) is 0 Å². The van der Waals surface area contributed by atoms with E-state index in [1.807, 2.05) is 42.5 Å². The molecule has 136 valence electrons. The molecule has 5 nitrogen and oxygen atoms in total. The number of nitrogens with one attached hydrogen (secondary N) is 1. The second kappa shape index (κ2) is 8.51. The summed E-state index contributed by atoms with van der Waals surface area (Å²) in [5, 5.41) is 15.6. The lowest BCUT2D eigenvalue weighted by atomic mass is 10.2. The number of rotatable bonds is 7. The van der Waals surface area contributed by atoms with E-state index in [1.165, 1.54) is 11.3 Å². The number of aromatic nitrogens is 3. The number of anilines is 2. The maximum atomic E-state index is 5.17. The predicted molar refractivity (Wildman–Crippen MR) is 113 cm³/mol. The summed E-state index contributed by atoms with van der Waals surface area (Å²) >= 11 is 4.85. The van der Waals surface area contributed by atoms with Gasteiger partial charge < -0.3 is 10.1 Å². The molecule has 0 spiro atoms. The molecule has 0 bridgehead atoms. The van der Waals surface area contributed by atoms with Crippen LogP contribution in [0.1, 0.15) is 5.69 Å². The number of ether oxygens (including phenoxy) is 1. The molecule has 4 aromatic rings. The van der Waals surface area contributed by atoms with Crippen LogP contribution >= 0.6 is 34.4 Å². The standard InChI is InChI=1S/C19H16N4OS3/c1-24-16-9-7-14(8-10-16)21-18-22-23-19(27-18)26-12-15-11-25-17(20-15)13-5-3-2-4-6-13/h2-11H,12H2,1H3,(H,21,22). The summed E-state index contributed by atoms with van der Waals surface area (Å²) in [6.45, 7) is 0. The Bertz CT molecular complexity index is 999. The Morgan fingerprint density at radius 3 is 2.63 bits per heavy atom. The summed E-state index contributed by atoms with van der Waals surface area (Å²) in [6, 6.07) is 18.0. The SMILES string of the molecule is COc1ccc(Nc2nnc(SCc3csc(-c4ccccc4)n3)s2)cc1. The Balaban J connectivity index is 1.35. The van der Waals surface area contributed by atoms with Gasteiger partial charge in [0.2, 0.25) is 5.13 Å². The molecule has 0 amide bonds. The fourth-order valence-electron chi connectivity index (χ4n) is 2.34. The Kier molecular flexibility index (Phi) is 5.66. The lowest BCUT2D eigenvalue weighted by molar-refractivity contribution is 0.415. The third-order valence-corrected chi connectivity index (χ3v) is 6.61. The van der Waals surface area contributed by atoms with E-state index in [0.717, 1.165) is 42.9 Å². The third kappa shape index (κ3) is 4.65. The van der Waals surface area contributed by atoms with Gasteiger partial charge in [0.15, 0.2) is 4.34 Å². The van der Waals surface area contributed by atoms with Crippen molar-refractivity contribution in [1.29, 1.82) is 0 Å². The Morgan fingerprint density at radius 2 is 1.85 bits per heavy atom. The monoisotopic (exact) mass is 412 g/mol. The first kappa shape index (κ1) is 18.0. The highest BCUT2D eigenvalue weighted by atomic mass is 32.2. The fourth-order valence-corrected chi connectivity index (χ4v) is 4.93. The lowest BCUT2D eigenvalue weighted by Crippen LogP contribution is -1.89. The van der Waals surface area contributed by atoms with Crippen LogP contribution in [0.25, 0.3) is 10.6 Å². The first-order valence-electron chi connectivity index (χ1n) is 8.17. The minimum atomic E-state index is 0.769.